The van der Waals surface area contributed by atoms with Gasteiger partial charge in [-0.1, -0.05) is 12.2 Å². The highest BCUT2D eigenvalue weighted by Gasteiger charge is 2.39. The lowest BCUT2D eigenvalue weighted by Crippen LogP contribution is -2.26. The van der Waals surface area contributed by atoms with E-state index in [0.29, 0.717) is 0 Å². The third-order valence-corrected chi connectivity index (χ3v) is 5.09. The number of thiocarbonyl (C=S) groups is 1. The number of thioether (sulfide) groups is 2. The van der Waals surface area contributed by atoms with Gasteiger partial charge in [-0.2, -0.15) is 0 Å². The quantitative estimate of drug-likeness (QED) is 0.502. The minimum absolute atomic E-state index is 0.910. The van der Waals surface area contributed by atoms with E-state index in [9.17, 15) is 0 Å². The number of hydrogen-bond donors (Lipinski definition) is 0. The molecule has 1 heterocycles. The van der Waals surface area contributed by atoms with E-state index in [-0.39, 0.29) is 0 Å². The molecule has 0 aromatic carbocycles. The van der Waals surface area contributed by atoms with Gasteiger partial charge in [0.15, 0.2) is 0 Å². The van der Waals surface area contributed by atoms with Crippen LogP contribution in [0.1, 0.15) is 12.8 Å². The van der Waals surface area contributed by atoms with Crippen LogP contribution < -0.4 is 0 Å². The molecule has 1 aliphatic heterocycles. The summed E-state index contributed by atoms with van der Waals surface area (Å²) in [7, 11) is 0. The lowest BCUT2D eigenvalue weighted by atomic mass is 9.99. The van der Waals surface area contributed by atoms with Crippen LogP contribution >= 0.6 is 35.7 Å². The molecule has 3 heteroatoms. The average molecular weight is 162 g/mol. The molecule has 0 bridgehead atoms. The molecule has 1 saturated heterocycles. The van der Waals surface area contributed by atoms with Crippen molar-refractivity contribution in [1.29, 1.82) is 0 Å². The first-order chi connectivity index (χ1) is 3.86. The van der Waals surface area contributed by atoms with E-state index in [1.54, 1.807) is 0 Å². The van der Waals surface area contributed by atoms with Crippen molar-refractivity contribution in [3.8, 4) is 0 Å². The number of fused-ring (bicyclic) bond motifs is 1. The topological polar surface area (TPSA) is 0 Å². The van der Waals surface area contributed by atoms with Gasteiger partial charge in [0.05, 0.1) is 0 Å². The van der Waals surface area contributed by atoms with Crippen molar-refractivity contribution >= 4 is 39.3 Å². The third-order valence-electron chi connectivity index (χ3n) is 1.65. The summed E-state index contributed by atoms with van der Waals surface area (Å²) in [6.45, 7) is 0. The van der Waals surface area contributed by atoms with Gasteiger partial charge in [-0.05, 0) is 12.8 Å². The summed E-state index contributed by atoms with van der Waals surface area (Å²) in [5.41, 5.74) is 0. The molecule has 0 nitrogen and oxygen atoms in total. The molecule has 0 amide bonds. The Morgan fingerprint density at radius 1 is 1.25 bits per heavy atom. The van der Waals surface area contributed by atoms with Gasteiger partial charge in [-0.3, -0.25) is 0 Å². The van der Waals surface area contributed by atoms with Crippen LogP contribution in [-0.4, -0.2) is 14.0 Å². The van der Waals surface area contributed by atoms with Crippen molar-refractivity contribution in [2.24, 2.45) is 0 Å². The van der Waals surface area contributed by atoms with Crippen LogP contribution in [0.3, 0.4) is 0 Å². The molecule has 2 aliphatic rings. The van der Waals surface area contributed by atoms with Crippen LogP contribution in [0.15, 0.2) is 0 Å². The van der Waals surface area contributed by atoms with E-state index in [0.717, 1.165) is 10.5 Å². The molecule has 0 radical (unpaired) electrons. The second-order valence-corrected chi connectivity index (χ2v) is 5.82. The van der Waals surface area contributed by atoms with E-state index < -0.39 is 0 Å². The van der Waals surface area contributed by atoms with Crippen molar-refractivity contribution in [3.63, 3.8) is 0 Å². The summed E-state index contributed by atoms with van der Waals surface area (Å²) in [5.74, 6) is 0. The van der Waals surface area contributed by atoms with E-state index >= 15 is 0 Å². The fourth-order valence-corrected chi connectivity index (χ4v) is 4.60. The van der Waals surface area contributed by atoms with Crippen LogP contribution in [-0.2, 0) is 0 Å². The van der Waals surface area contributed by atoms with E-state index in [4.69, 9.17) is 12.2 Å². The summed E-state index contributed by atoms with van der Waals surface area (Å²) in [6, 6.07) is 0. The van der Waals surface area contributed by atoms with Gasteiger partial charge in [0, 0.05) is 10.5 Å². The highest BCUT2D eigenvalue weighted by molar-refractivity contribution is 8.49. The molecular weight excluding hydrogens is 156 g/mol. The van der Waals surface area contributed by atoms with Crippen LogP contribution in [0.5, 0.6) is 0 Å². The van der Waals surface area contributed by atoms with E-state index in [2.05, 4.69) is 0 Å². The van der Waals surface area contributed by atoms with Gasteiger partial charge in [-0.15, -0.1) is 23.5 Å². The van der Waals surface area contributed by atoms with Gasteiger partial charge in [0.2, 0.25) is 0 Å². The maximum atomic E-state index is 5.04. The Morgan fingerprint density at radius 2 is 1.75 bits per heavy atom. The Labute approximate surface area is 62.8 Å². The Hall–Kier alpha value is 0.790. The van der Waals surface area contributed by atoms with Crippen LogP contribution in [0.4, 0.5) is 0 Å². The molecule has 8 heavy (non-hydrogen) atoms. The van der Waals surface area contributed by atoms with E-state index in [1.807, 2.05) is 23.5 Å². The van der Waals surface area contributed by atoms with Gasteiger partial charge in [0.25, 0.3) is 0 Å². The zero-order chi connectivity index (χ0) is 5.56. The second-order valence-electron chi connectivity index (χ2n) is 2.14. The lowest BCUT2D eigenvalue weighted by Gasteiger charge is -2.26. The van der Waals surface area contributed by atoms with Crippen LogP contribution in [0.25, 0.3) is 0 Å². The molecule has 2 unspecified atom stereocenters. The number of rotatable bonds is 0. The standard InChI is InChI=1S/C5H6S3/c6-5-7-3-1-2-4(3)8-5/h3-4H,1-2H2. The fourth-order valence-electron chi connectivity index (χ4n) is 0.983. The first-order valence-electron chi connectivity index (χ1n) is 2.73. The predicted molar refractivity (Wildman–Crippen MR) is 44.6 cm³/mol. The summed E-state index contributed by atoms with van der Waals surface area (Å²) in [5, 5.41) is 1.82. The molecule has 1 saturated carbocycles. The average Bonchev–Trinajstić information content (AvgIpc) is 1.91. The Morgan fingerprint density at radius 3 is 2.00 bits per heavy atom. The van der Waals surface area contributed by atoms with Gasteiger partial charge >= 0.3 is 0 Å². The Balaban J connectivity index is 2.10. The first-order valence-corrected chi connectivity index (χ1v) is 4.90. The minimum Gasteiger partial charge on any atom is -0.103 e. The van der Waals surface area contributed by atoms with Crippen molar-refractivity contribution in [2.75, 3.05) is 0 Å². The highest BCUT2D eigenvalue weighted by Crippen LogP contribution is 2.50. The summed E-state index contributed by atoms with van der Waals surface area (Å²) < 4.78 is 1.18. The number of hydrogen-bond acceptors (Lipinski definition) is 3. The molecule has 0 aromatic heterocycles. The highest BCUT2D eigenvalue weighted by atomic mass is 32.2. The van der Waals surface area contributed by atoms with Crippen molar-refractivity contribution in [2.45, 2.75) is 23.3 Å². The zero-order valence-electron chi connectivity index (χ0n) is 4.29. The molecule has 0 aromatic rings. The van der Waals surface area contributed by atoms with E-state index in [1.165, 1.54) is 16.4 Å². The zero-order valence-corrected chi connectivity index (χ0v) is 6.74. The SMILES string of the molecule is S=C1SC2CCC2S1. The van der Waals surface area contributed by atoms with Gasteiger partial charge in [0.1, 0.15) is 3.53 Å². The molecule has 2 rings (SSSR count). The second kappa shape index (κ2) is 1.89. The Bertz CT molecular complexity index is 118. The monoisotopic (exact) mass is 162 g/mol. The smallest absolute Gasteiger partial charge is 0.103 e. The van der Waals surface area contributed by atoms with Crippen molar-refractivity contribution < 1.29 is 0 Å². The summed E-state index contributed by atoms with van der Waals surface area (Å²) in [6.07, 6.45) is 2.81. The largest absolute Gasteiger partial charge is 0.104 e. The third kappa shape index (κ3) is 0.719. The lowest BCUT2D eigenvalue weighted by molar-refractivity contribution is 0.546. The van der Waals surface area contributed by atoms with Crippen LogP contribution in [0, 0.1) is 0 Å². The van der Waals surface area contributed by atoms with Gasteiger partial charge in [-0.25, -0.2) is 0 Å². The predicted octanol–water partition coefficient (Wildman–Crippen LogP) is 2.28. The summed E-state index contributed by atoms with van der Waals surface area (Å²) >= 11 is 8.86. The molecule has 2 atom stereocenters. The first kappa shape index (κ1) is 5.57. The summed E-state index contributed by atoms with van der Waals surface area (Å²) in [4.78, 5) is 0. The fraction of sp³-hybridized carbons (Fsp3) is 0.800. The van der Waals surface area contributed by atoms with Gasteiger partial charge < -0.3 is 0 Å². The maximum Gasteiger partial charge on any atom is 0.104 e. The minimum atomic E-state index is 0.910. The molecule has 1 aliphatic carbocycles. The molecular formula is C5H6S3. The normalized spacial score (nSPS) is 43.8. The van der Waals surface area contributed by atoms with Crippen molar-refractivity contribution in [1.82, 2.24) is 0 Å². The molecule has 0 N–H and O–H groups in total. The van der Waals surface area contributed by atoms with Crippen molar-refractivity contribution in [3.05, 3.63) is 0 Å². The Kier molecular flexibility index (Phi) is 1.31. The molecule has 44 valence electrons. The maximum absolute atomic E-state index is 5.04. The molecule has 0 spiro atoms. The molecule has 2 fully saturated rings. The van der Waals surface area contributed by atoms with Crippen LogP contribution in [0.2, 0.25) is 0 Å².